The smallest absolute Gasteiger partial charge is 0.410 e. The Bertz CT molecular complexity index is 1930. The summed E-state index contributed by atoms with van der Waals surface area (Å²) in [5, 5.41) is 18.7. The van der Waals surface area contributed by atoms with Gasteiger partial charge >= 0.3 is 12.1 Å². The van der Waals surface area contributed by atoms with Gasteiger partial charge in [0.25, 0.3) is 11.8 Å². The molecule has 3 aromatic rings. The minimum Gasteiger partial charge on any atom is -0.496 e. The number of carbonyl (C=O) groups is 4. The van der Waals surface area contributed by atoms with Gasteiger partial charge in [0.1, 0.15) is 22.6 Å². The van der Waals surface area contributed by atoms with E-state index >= 15 is 0 Å². The Morgan fingerprint density at radius 1 is 0.911 bits per heavy atom. The first kappa shape index (κ1) is 40.6. The van der Waals surface area contributed by atoms with E-state index in [2.05, 4.69) is 5.32 Å². The van der Waals surface area contributed by atoms with Crippen LogP contribution in [0.15, 0.2) is 42.5 Å². The molecule has 0 saturated heterocycles. The lowest BCUT2D eigenvalue weighted by atomic mass is 9.48. The highest BCUT2D eigenvalue weighted by Gasteiger charge is 2.62. The maximum Gasteiger partial charge on any atom is 0.410 e. The number of carbonyl (C=O) groups excluding carboxylic acids is 3. The molecule has 13 nitrogen and oxygen atoms in total. The van der Waals surface area contributed by atoms with E-state index < -0.39 is 29.1 Å². The molecule has 3 amide bonds. The second kappa shape index (κ2) is 15.8. The van der Waals surface area contributed by atoms with Crippen molar-refractivity contribution in [2.24, 2.45) is 23.7 Å². The molecule has 4 fully saturated rings. The summed E-state index contributed by atoms with van der Waals surface area (Å²) >= 11 is 0. The highest BCUT2D eigenvalue weighted by Crippen LogP contribution is 2.58. The van der Waals surface area contributed by atoms with Crippen molar-refractivity contribution in [3.05, 3.63) is 59.3 Å². The molecule has 4 saturated carbocycles. The minimum absolute atomic E-state index is 0.0633. The summed E-state index contributed by atoms with van der Waals surface area (Å²) in [6.45, 7) is 10.3. The molecule has 0 radical (unpaired) electrons. The zero-order chi connectivity index (χ0) is 40.7. The van der Waals surface area contributed by atoms with E-state index in [1.807, 2.05) is 52.8 Å². The fraction of sp³-hybridized carbons (Fsp3) is 0.558. The molecule has 13 heteroatoms. The monoisotopic (exact) mass is 771 g/mol. The summed E-state index contributed by atoms with van der Waals surface area (Å²) in [5.74, 6) is -0.00651. The van der Waals surface area contributed by atoms with Crippen molar-refractivity contribution in [3.63, 3.8) is 0 Å². The van der Waals surface area contributed by atoms with Crippen LogP contribution >= 0.6 is 0 Å². The van der Waals surface area contributed by atoms with Crippen LogP contribution in [0.4, 0.5) is 4.79 Å². The summed E-state index contributed by atoms with van der Waals surface area (Å²) in [4.78, 5) is 56.8. The number of ether oxygens (including phenoxy) is 3. The number of benzene rings is 2. The zero-order valence-electron chi connectivity index (χ0n) is 34.2. The first-order valence-corrected chi connectivity index (χ1v) is 19.7. The lowest BCUT2D eigenvalue weighted by Gasteiger charge is -2.59. The van der Waals surface area contributed by atoms with Gasteiger partial charge in [-0.1, -0.05) is 19.9 Å². The Balaban J connectivity index is 1.33. The number of nitrogens with zero attached hydrogens (tertiary/aromatic N) is 4. The second-order valence-corrected chi connectivity index (χ2v) is 17.2. The molecule has 1 heterocycles. The Morgan fingerprint density at radius 3 is 2.04 bits per heavy atom. The first-order chi connectivity index (χ1) is 26.5. The molecule has 4 aliphatic rings. The fourth-order valence-corrected chi connectivity index (χ4v) is 9.38. The maximum absolute atomic E-state index is 14.4. The van der Waals surface area contributed by atoms with Crippen molar-refractivity contribution < 1.29 is 38.5 Å². The fourth-order valence-electron chi connectivity index (χ4n) is 9.38. The molecular formula is C43H57N5O8. The van der Waals surface area contributed by atoms with Crippen LogP contribution in [0.3, 0.4) is 0 Å². The van der Waals surface area contributed by atoms with E-state index in [-0.39, 0.29) is 29.4 Å². The van der Waals surface area contributed by atoms with E-state index in [1.54, 1.807) is 62.2 Å². The Labute approximate surface area is 329 Å². The Kier molecular flexibility index (Phi) is 11.5. The highest BCUT2D eigenvalue weighted by molar-refractivity contribution is 5.98. The van der Waals surface area contributed by atoms with Crippen molar-refractivity contribution in [2.75, 3.05) is 41.4 Å². The van der Waals surface area contributed by atoms with E-state index in [9.17, 15) is 24.3 Å². The molecule has 4 aliphatic carbocycles. The van der Waals surface area contributed by atoms with E-state index in [0.29, 0.717) is 65.4 Å². The predicted molar refractivity (Wildman–Crippen MR) is 212 cm³/mol. The Morgan fingerprint density at radius 2 is 1.50 bits per heavy atom. The summed E-state index contributed by atoms with van der Waals surface area (Å²) in [6, 6.07) is 12.5. The topological polar surface area (TPSA) is 153 Å². The summed E-state index contributed by atoms with van der Waals surface area (Å²) in [6.07, 6.45) is 4.51. The number of aromatic nitrogens is 2. The molecule has 4 bridgehead atoms. The number of aliphatic carboxylic acids is 1. The van der Waals surface area contributed by atoms with Crippen LogP contribution in [0.25, 0.3) is 16.9 Å². The molecule has 0 atom stereocenters. The number of nitrogens with one attached hydrogen (secondary N) is 1. The average Bonchev–Trinajstić information content (AvgIpc) is 3.59. The summed E-state index contributed by atoms with van der Waals surface area (Å²) in [7, 11) is 6.52. The maximum atomic E-state index is 14.4. The van der Waals surface area contributed by atoms with Gasteiger partial charge in [-0.2, -0.15) is 5.10 Å². The number of hydrogen-bond donors (Lipinski definition) is 2. The lowest BCUT2D eigenvalue weighted by molar-refractivity contribution is -0.163. The zero-order valence-corrected chi connectivity index (χ0v) is 34.2. The van der Waals surface area contributed by atoms with Crippen LogP contribution in [0.1, 0.15) is 105 Å². The van der Waals surface area contributed by atoms with E-state index in [1.165, 1.54) is 4.90 Å². The predicted octanol–water partition coefficient (Wildman–Crippen LogP) is 7.02. The van der Waals surface area contributed by atoms with Gasteiger partial charge < -0.3 is 34.4 Å². The van der Waals surface area contributed by atoms with Gasteiger partial charge in [0, 0.05) is 32.7 Å². The third kappa shape index (κ3) is 7.82. The number of rotatable bonds is 13. The number of amides is 3. The lowest BCUT2D eigenvalue weighted by Crippen LogP contribution is -2.70. The highest BCUT2D eigenvalue weighted by atomic mass is 16.6. The Hall–Kier alpha value is -5.07. The van der Waals surface area contributed by atoms with Crippen molar-refractivity contribution >= 4 is 23.9 Å². The van der Waals surface area contributed by atoms with Crippen LogP contribution in [0.2, 0.25) is 0 Å². The number of methoxy groups -OCH3 is 2. The molecule has 0 spiro atoms. The van der Waals surface area contributed by atoms with Crippen LogP contribution in [-0.4, -0.2) is 101 Å². The van der Waals surface area contributed by atoms with Crippen LogP contribution in [0.5, 0.6) is 11.5 Å². The molecule has 56 heavy (non-hydrogen) atoms. The van der Waals surface area contributed by atoms with Crippen LogP contribution < -0.4 is 14.8 Å². The molecule has 2 N–H and O–H groups in total. The van der Waals surface area contributed by atoms with Crippen molar-refractivity contribution in [3.8, 4) is 28.4 Å². The van der Waals surface area contributed by atoms with Crippen LogP contribution in [-0.2, 0) is 9.53 Å². The second-order valence-electron chi connectivity index (χ2n) is 17.2. The third-order valence-corrected chi connectivity index (χ3v) is 11.9. The summed E-state index contributed by atoms with van der Waals surface area (Å²) < 4.78 is 18.7. The molecule has 7 rings (SSSR count). The summed E-state index contributed by atoms with van der Waals surface area (Å²) in [5.41, 5.74) is 1.12. The third-order valence-electron chi connectivity index (χ3n) is 11.9. The van der Waals surface area contributed by atoms with Crippen LogP contribution in [0, 0.1) is 23.7 Å². The van der Waals surface area contributed by atoms with Crippen molar-refractivity contribution in [2.45, 2.75) is 90.2 Å². The van der Waals surface area contributed by atoms with Gasteiger partial charge in [-0.25, -0.2) is 14.3 Å². The molecule has 0 unspecified atom stereocenters. The molecule has 302 valence electrons. The SMILES string of the molecule is COc1cccc(OC)c1-c1cc(C(=O)NC2(C(=O)O)C3CC4CC(C3)CC2C4)nn1-c1ccc(C(=O)N(C)CCCN(C)C(=O)OC(C)(C)C)cc1C(C)C. The van der Waals surface area contributed by atoms with Gasteiger partial charge in [-0.15, -0.1) is 0 Å². The minimum atomic E-state index is -1.35. The van der Waals surface area contributed by atoms with Gasteiger partial charge in [0.05, 0.1) is 31.2 Å². The van der Waals surface area contributed by atoms with E-state index in [0.717, 1.165) is 37.7 Å². The van der Waals surface area contributed by atoms with Crippen molar-refractivity contribution in [1.82, 2.24) is 24.9 Å². The number of carboxylic acids is 1. The van der Waals surface area contributed by atoms with Gasteiger partial charge in [0.15, 0.2) is 5.69 Å². The number of hydrogen-bond acceptors (Lipinski definition) is 8. The van der Waals surface area contributed by atoms with E-state index in [4.69, 9.17) is 19.3 Å². The first-order valence-electron chi connectivity index (χ1n) is 19.7. The largest absolute Gasteiger partial charge is 0.496 e. The molecule has 0 aliphatic heterocycles. The van der Waals surface area contributed by atoms with Crippen molar-refractivity contribution in [1.29, 1.82) is 0 Å². The quantitative estimate of drug-likeness (QED) is 0.187. The van der Waals surface area contributed by atoms with Gasteiger partial charge in [-0.3, -0.25) is 9.59 Å². The molecular weight excluding hydrogens is 714 g/mol. The van der Waals surface area contributed by atoms with Gasteiger partial charge in [0.2, 0.25) is 0 Å². The van der Waals surface area contributed by atoms with Gasteiger partial charge in [-0.05, 0) is 131 Å². The molecule has 2 aromatic carbocycles. The standard InChI is InChI=1S/C43H57N5O8/c1-25(2)31-23-28(39(50)46(6)16-11-17-47(7)41(53)56-42(3,4)5)14-15-33(31)48-34(37-35(54-8)12-10-13-36(37)55-9)24-32(45-48)38(49)44-43(40(51)52)29-19-26-18-27(21-29)22-30(43)20-26/h10,12-15,23-27,29-30H,11,16-22H2,1-9H3,(H,44,49)(H,51,52). The number of carboxylic acid groups (broad SMARTS) is 1. The average molecular weight is 772 g/mol. The molecule has 1 aromatic heterocycles. The normalized spacial score (nSPS) is 22.5.